The predicted octanol–water partition coefficient (Wildman–Crippen LogP) is 3.85. The summed E-state index contributed by atoms with van der Waals surface area (Å²) in [5, 5.41) is 0. The summed E-state index contributed by atoms with van der Waals surface area (Å²) in [6.45, 7) is 13.0. The molecule has 8 heteroatoms. The molecule has 1 aliphatic rings. The van der Waals surface area contributed by atoms with Gasteiger partial charge in [-0.3, -0.25) is 9.59 Å². The van der Waals surface area contributed by atoms with Crippen molar-refractivity contribution in [1.82, 2.24) is 0 Å². The van der Waals surface area contributed by atoms with Crippen LogP contribution in [0.25, 0.3) is 0 Å². The van der Waals surface area contributed by atoms with Gasteiger partial charge in [0, 0.05) is 12.0 Å². The highest BCUT2D eigenvalue weighted by Crippen LogP contribution is 2.49. The molecule has 180 valence electrons. The van der Waals surface area contributed by atoms with Crippen LogP contribution in [0.4, 0.5) is 5.69 Å². The van der Waals surface area contributed by atoms with Crippen LogP contribution in [0.3, 0.4) is 0 Å². The monoisotopic (exact) mass is 459 g/mol. The molecule has 1 heterocycles. The molecule has 0 aromatic heterocycles. The van der Waals surface area contributed by atoms with E-state index in [4.69, 9.17) is 14.2 Å². The van der Waals surface area contributed by atoms with E-state index in [1.807, 2.05) is 0 Å². The maximum Gasteiger partial charge on any atom is 0.354 e. The predicted molar refractivity (Wildman–Crippen MR) is 122 cm³/mol. The average molecular weight is 460 g/mol. The largest absolute Gasteiger partial charge is 0.466 e. The van der Waals surface area contributed by atoms with Gasteiger partial charge in [0.15, 0.2) is 5.41 Å². The zero-order chi connectivity index (χ0) is 25.2. The van der Waals surface area contributed by atoms with Crippen molar-refractivity contribution in [2.45, 2.75) is 78.4 Å². The Morgan fingerprint density at radius 3 is 2.06 bits per heavy atom. The Hall–Kier alpha value is -3.03. The summed E-state index contributed by atoms with van der Waals surface area (Å²) in [5.74, 6) is -4.28. The van der Waals surface area contributed by atoms with Crippen molar-refractivity contribution in [1.29, 1.82) is 0 Å². The Kier molecular flexibility index (Phi) is 7.51. The lowest BCUT2D eigenvalue weighted by Gasteiger charge is -2.37. The molecule has 0 unspecified atom stereocenters. The second-order valence-corrected chi connectivity index (χ2v) is 10.0. The van der Waals surface area contributed by atoms with Crippen LogP contribution in [0, 0.1) is 5.92 Å². The fourth-order valence-corrected chi connectivity index (χ4v) is 3.78. The van der Waals surface area contributed by atoms with E-state index >= 15 is 0 Å². The molecule has 0 bridgehead atoms. The van der Waals surface area contributed by atoms with Gasteiger partial charge in [-0.15, -0.1) is 0 Å². The van der Waals surface area contributed by atoms with Crippen molar-refractivity contribution >= 4 is 35.1 Å². The molecule has 0 aliphatic carbocycles. The molecule has 0 N–H and O–H groups in total. The summed E-state index contributed by atoms with van der Waals surface area (Å²) in [5.41, 5.74) is -3.54. The van der Waals surface area contributed by atoms with Gasteiger partial charge in [0.05, 0.1) is 18.2 Å². The first-order chi connectivity index (χ1) is 15.1. The number of fused-ring (bicyclic) bond motifs is 1. The van der Waals surface area contributed by atoms with Crippen molar-refractivity contribution in [2.24, 2.45) is 10.9 Å². The lowest BCUT2D eigenvalue weighted by molar-refractivity contribution is -0.168. The number of nitrogens with zero attached hydrogens (tertiary/aromatic N) is 1. The molecule has 33 heavy (non-hydrogen) atoms. The Labute approximate surface area is 194 Å². The Morgan fingerprint density at radius 2 is 1.55 bits per heavy atom. The van der Waals surface area contributed by atoms with E-state index in [1.165, 1.54) is 6.92 Å². The van der Waals surface area contributed by atoms with Crippen molar-refractivity contribution in [3.63, 3.8) is 0 Å². The highest BCUT2D eigenvalue weighted by atomic mass is 16.6. The molecule has 8 nitrogen and oxygen atoms in total. The van der Waals surface area contributed by atoms with Gasteiger partial charge in [-0.2, -0.15) is 0 Å². The van der Waals surface area contributed by atoms with Crippen molar-refractivity contribution in [3.8, 4) is 0 Å². The van der Waals surface area contributed by atoms with Crippen molar-refractivity contribution in [3.05, 3.63) is 29.8 Å². The van der Waals surface area contributed by atoms with E-state index < -0.39 is 40.4 Å². The molecule has 2 rings (SSSR count). The molecule has 1 aromatic rings. The third-order valence-electron chi connectivity index (χ3n) is 4.83. The minimum Gasteiger partial charge on any atom is -0.466 e. The van der Waals surface area contributed by atoms with Gasteiger partial charge in [-0.1, -0.05) is 18.2 Å². The third-order valence-corrected chi connectivity index (χ3v) is 4.83. The summed E-state index contributed by atoms with van der Waals surface area (Å²) in [4.78, 5) is 57.2. The number of rotatable bonds is 7. The molecule has 0 amide bonds. The quantitative estimate of drug-likeness (QED) is 0.450. The van der Waals surface area contributed by atoms with E-state index in [2.05, 4.69) is 4.99 Å². The first-order valence-electron chi connectivity index (χ1n) is 10.9. The molecular formula is C25H33NO7. The smallest absolute Gasteiger partial charge is 0.354 e. The molecule has 1 aliphatic heterocycles. The van der Waals surface area contributed by atoms with Gasteiger partial charge >= 0.3 is 17.9 Å². The third kappa shape index (κ3) is 5.67. The van der Waals surface area contributed by atoms with Crippen LogP contribution >= 0.6 is 0 Å². The van der Waals surface area contributed by atoms with Gasteiger partial charge in [-0.25, -0.2) is 9.79 Å². The summed E-state index contributed by atoms with van der Waals surface area (Å²) < 4.78 is 16.6. The fourth-order valence-electron chi connectivity index (χ4n) is 3.78. The summed E-state index contributed by atoms with van der Waals surface area (Å²) in [7, 11) is 0. The van der Waals surface area contributed by atoms with Gasteiger partial charge in [-0.05, 0) is 61.5 Å². The van der Waals surface area contributed by atoms with Crippen LogP contribution < -0.4 is 0 Å². The Balaban J connectivity index is 2.89. The summed E-state index contributed by atoms with van der Waals surface area (Å²) in [6.07, 6.45) is -0.353. The standard InChI is InChI=1S/C25H33NO7/c1-9-31-20(28)17(14-15(2)27)25(22(30)33-24(6,7)8)16-12-10-11-13-18(16)26-19(25)21(29)32-23(3,4)5/h10-13,17H,9,14H2,1-8H3/t17-,25+/m1/s1. The zero-order valence-electron chi connectivity index (χ0n) is 20.6. The normalized spacial score (nSPS) is 18.6. The maximum absolute atomic E-state index is 13.9. The van der Waals surface area contributed by atoms with Gasteiger partial charge in [0.1, 0.15) is 22.7 Å². The van der Waals surface area contributed by atoms with E-state index in [0.717, 1.165) is 0 Å². The van der Waals surface area contributed by atoms with Gasteiger partial charge in [0.25, 0.3) is 0 Å². The van der Waals surface area contributed by atoms with Crippen LogP contribution in [-0.2, 0) is 38.8 Å². The fraction of sp³-hybridized carbons (Fsp3) is 0.560. The van der Waals surface area contributed by atoms with Gasteiger partial charge in [0.2, 0.25) is 0 Å². The number of ketones is 1. The summed E-state index contributed by atoms with van der Waals surface area (Å²) >= 11 is 0. The van der Waals surface area contributed by atoms with E-state index in [0.29, 0.717) is 11.3 Å². The number of para-hydroxylation sites is 1. The number of ether oxygens (including phenoxy) is 3. The highest BCUT2D eigenvalue weighted by Gasteiger charge is 2.63. The SMILES string of the molecule is CCOC(=O)[C@@H](CC(C)=O)[C@]1(C(=O)OC(C)(C)C)C(C(=O)OC(C)(C)C)=Nc2ccccc21. The number of aliphatic imine (C=N–C) groups is 1. The van der Waals surface area contributed by atoms with E-state index in [1.54, 1.807) is 72.7 Å². The van der Waals surface area contributed by atoms with Crippen molar-refractivity contribution in [2.75, 3.05) is 6.61 Å². The zero-order valence-corrected chi connectivity index (χ0v) is 20.6. The second kappa shape index (κ2) is 9.45. The highest BCUT2D eigenvalue weighted by molar-refractivity contribution is 6.47. The molecular weight excluding hydrogens is 426 g/mol. The lowest BCUT2D eigenvalue weighted by atomic mass is 9.65. The minimum absolute atomic E-state index is 0.0260. The number of hydrogen-bond acceptors (Lipinski definition) is 8. The lowest BCUT2D eigenvalue weighted by Crippen LogP contribution is -2.57. The molecule has 1 aromatic carbocycles. The number of carbonyl (C=O) groups excluding carboxylic acids is 4. The second-order valence-electron chi connectivity index (χ2n) is 10.0. The molecule has 0 spiro atoms. The molecule has 2 atom stereocenters. The van der Waals surface area contributed by atoms with Crippen LogP contribution in [-0.4, -0.2) is 47.2 Å². The van der Waals surface area contributed by atoms with E-state index in [-0.39, 0.29) is 24.5 Å². The molecule has 0 radical (unpaired) electrons. The van der Waals surface area contributed by atoms with Crippen LogP contribution in [0.15, 0.2) is 29.3 Å². The minimum atomic E-state index is -2.01. The first kappa shape index (κ1) is 26.2. The average Bonchev–Trinajstić information content (AvgIpc) is 2.99. The number of carbonyl (C=O) groups is 4. The maximum atomic E-state index is 13.9. The molecule has 0 saturated carbocycles. The van der Waals surface area contributed by atoms with Crippen LogP contribution in [0.5, 0.6) is 0 Å². The number of hydrogen-bond donors (Lipinski definition) is 0. The van der Waals surface area contributed by atoms with Crippen LogP contribution in [0.2, 0.25) is 0 Å². The molecule has 0 fully saturated rings. The number of Topliss-reactive ketones (excluding diaryl/α,β-unsaturated/α-hetero) is 1. The van der Waals surface area contributed by atoms with Gasteiger partial charge < -0.3 is 19.0 Å². The van der Waals surface area contributed by atoms with Crippen molar-refractivity contribution < 1.29 is 33.4 Å². The van der Waals surface area contributed by atoms with E-state index in [9.17, 15) is 19.2 Å². The Morgan fingerprint density at radius 1 is 0.970 bits per heavy atom. The molecule has 0 saturated heterocycles. The first-order valence-corrected chi connectivity index (χ1v) is 10.9. The number of esters is 3. The van der Waals surface area contributed by atoms with Crippen LogP contribution in [0.1, 0.15) is 67.4 Å². The topological polar surface area (TPSA) is 108 Å². The summed E-state index contributed by atoms with van der Waals surface area (Å²) in [6, 6.07) is 6.60. The number of benzene rings is 1. The Bertz CT molecular complexity index is 981.